The van der Waals surface area contributed by atoms with Gasteiger partial charge in [-0.1, -0.05) is 37.3 Å². The molecule has 0 radical (unpaired) electrons. The van der Waals surface area contributed by atoms with Crippen LogP contribution in [0.2, 0.25) is 0 Å². The Kier molecular flexibility index (Phi) is 2.67. The molecule has 1 aliphatic rings. The standard InChI is InChI=1S/C18H18N2O/c1-3-17-19(2)11-12-20(17)15-9-6-8-14-13-7-4-5-10-16(13)21-18(14)15/h4-12,17H,3H2,1-2H3. The Labute approximate surface area is 124 Å². The minimum atomic E-state index is 0.351. The van der Waals surface area contributed by atoms with Gasteiger partial charge in [0.25, 0.3) is 0 Å². The maximum atomic E-state index is 6.13. The Morgan fingerprint density at radius 3 is 2.67 bits per heavy atom. The zero-order valence-corrected chi connectivity index (χ0v) is 12.3. The molecule has 1 aliphatic heterocycles. The third kappa shape index (κ3) is 1.74. The second-order valence-corrected chi connectivity index (χ2v) is 5.51. The molecule has 21 heavy (non-hydrogen) atoms. The highest BCUT2D eigenvalue weighted by atomic mass is 16.3. The van der Waals surface area contributed by atoms with E-state index in [1.807, 2.05) is 12.1 Å². The van der Waals surface area contributed by atoms with E-state index in [9.17, 15) is 0 Å². The Balaban J connectivity index is 1.95. The highest BCUT2D eigenvalue weighted by molar-refractivity contribution is 6.09. The van der Waals surface area contributed by atoms with Gasteiger partial charge in [0, 0.05) is 30.2 Å². The molecule has 0 bridgehead atoms. The predicted octanol–water partition coefficient (Wildman–Crippen LogP) is 4.55. The van der Waals surface area contributed by atoms with Gasteiger partial charge in [-0.2, -0.15) is 0 Å². The van der Waals surface area contributed by atoms with Crippen LogP contribution in [0.1, 0.15) is 13.3 Å². The molecule has 1 atom stereocenters. The first kappa shape index (κ1) is 12.3. The molecule has 3 heteroatoms. The lowest BCUT2D eigenvalue weighted by Gasteiger charge is -2.29. The smallest absolute Gasteiger partial charge is 0.159 e. The maximum absolute atomic E-state index is 6.13. The maximum Gasteiger partial charge on any atom is 0.159 e. The number of furan rings is 1. The van der Waals surface area contributed by atoms with E-state index in [1.54, 1.807) is 0 Å². The number of hydrogen-bond donors (Lipinski definition) is 0. The monoisotopic (exact) mass is 278 g/mol. The molecule has 3 aromatic rings. The Morgan fingerprint density at radius 1 is 1.00 bits per heavy atom. The van der Waals surface area contributed by atoms with Crippen LogP contribution in [0.3, 0.4) is 0 Å². The van der Waals surface area contributed by atoms with Gasteiger partial charge in [-0.05, 0) is 18.6 Å². The number of benzene rings is 2. The second kappa shape index (κ2) is 4.55. The van der Waals surface area contributed by atoms with Gasteiger partial charge < -0.3 is 14.2 Å². The average Bonchev–Trinajstić information content (AvgIpc) is 3.07. The third-order valence-corrected chi connectivity index (χ3v) is 4.28. The van der Waals surface area contributed by atoms with Crippen LogP contribution >= 0.6 is 0 Å². The van der Waals surface area contributed by atoms with E-state index >= 15 is 0 Å². The van der Waals surface area contributed by atoms with E-state index in [1.165, 1.54) is 10.8 Å². The number of para-hydroxylation sites is 2. The quantitative estimate of drug-likeness (QED) is 0.686. The molecule has 0 amide bonds. The van der Waals surface area contributed by atoms with E-state index in [2.05, 4.69) is 66.5 Å². The topological polar surface area (TPSA) is 19.6 Å². The zero-order valence-electron chi connectivity index (χ0n) is 12.3. The summed E-state index contributed by atoms with van der Waals surface area (Å²) in [4.78, 5) is 4.53. The molecule has 1 aromatic heterocycles. The summed E-state index contributed by atoms with van der Waals surface area (Å²) in [5.74, 6) is 0. The Bertz CT molecular complexity index is 833. The van der Waals surface area contributed by atoms with E-state index < -0.39 is 0 Å². The lowest BCUT2D eigenvalue weighted by molar-refractivity contribution is 0.349. The predicted molar refractivity (Wildman–Crippen MR) is 87.2 cm³/mol. The minimum absolute atomic E-state index is 0.351. The van der Waals surface area contributed by atoms with Gasteiger partial charge in [-0.3, -0.25) is 0 Å². The molecule has 0 saturated carbocycles. The van der Waals surface area contributed by atoms with Crippen molar-refractivity contribution in [3.63, 3.8) is 0 Å². The van der Waals surface area contributed by atoms with Crippen LogP contribution in [0, 0.1) is 0 Å². The normalized spacial score (nSPS) is 18.3. The first-order valence-corrected chi connectivity index (χ1v) is 7.38. The summed E-state index contributed by atoms with van der Waals surface area (Å²) < 4.78 is 6.13. The number of nitrogens with zero attached hydrogens (tertiary/aromatic N) is 2. The summed E-state index contributed by atoms with van der Waals surface area (Å²) >= 11 is 0. The molecule has 3 nitrogen and oxygen atoms in total. The lowest BCUT2D eigenvalue weighted by Crippen LogP contribution is -2.35. The Hall–Kier alpha value is -2.42. The van der Waals surface area contributed by atoms with Gasteiger partial charge in [-0.15, -0.1) is 0 Å². The zero-order chi connectivity index (χ0) is 14.4. The lowest BCUT2D eigenvalue weighted by atomic mass is 10.1. The van der Waals surface area contributed by atoms with Crippen molar-refractivity contribution in [1.82, 2.24) is 4.90 Å². The molecular weight excluding hydrogens is 260 g/mol. The minimum Gasteiger partial charge on any atom is -0.454 e. The van der Waals surface area contributed by atoms with Crippen LogP contribution in [0.15, 0.2) is 59.3 Å². The van der Waals surface area contributed by atoms with Gasteiger partial charge in [0.05, 0.1) is 5.69 Å². The highest BCUT2D eigenvalue weighted by Crippen LogP contribution is 2.37. The van der Waals surface area contributed by atoms with Crippen molar-refractivity contribution in [2.24, 2.45) is 0 Å². The van der Waals surface area contributed by atoms with Crippen LogP contribution in [0.4, 0.5) is 5.69 Å². The van der Waals surface area contributed by atoms with Crippen LogP contribution in [0.25, 0.3) is 21.9 Å². The molecule has 0 saturated heterocycles. The molecule has 4 rings (SSSR count). The van der Waals surface area contributed by atoms with Gasteiger partial charge in [0.2, 0.25) is 0 Å². The third-order valence-electron chi connectivity index (χ3n) is 4.28. The van der Waals surface area contributed by atoms with Crippen LogP contribution < -0.4 is 4.90 Å². The summed E-state index contributed by atoms with van der Waals surface area (Å²) in [5, 5.41) is 2.36. The van der Waals surface area contributed by atoms with Crippen molar-refractivity contribution in [1.29, 1.82) is 0 Å². The van der Waals surface area contributed by atoms with Crippen molar-refractivity contribution in [2.75, 3.05) is 11.9 Å². The number of anilines is 1. The van der Waals surface area contributed by atoms with Crippen molar-refractivity contribution >= 4 is 27.6 Å². The van der Waals surface area contributed by atoms with E-state index in [-0.39, 0.29) is 0 Å². The molecular formula is C18H18N2O. The average molecular weight is 278 g/mol. The number of rotatable bonds is 2. The van der Waals surface area contributed by atoms with Crippen molar-refractivity contribution < 1.29 is 4.42 Å². The molecule has 2 heterocycles. The van der Waals surface area contributed by atoms with Crippen molar-refractivity contribution in [3.05, 3.63) is 54.9 Å². The first-order chi connectivity index (χ1) is 10.3. The molecule has 0 spiro atoms. The van der Waals surface area contributed by atoms with E-state index in [0.29, 0.717) is 6.17 Å². The van der Waals surface area contributed by atoms with Gasteiger partial charge in [0.15, 0.2) is 5.58 Å². The van der Waals surface area contributed by atoms with Gasteiger partial charge in [0.1, 0.15) is 11.7 Å². The fourth-order valence-corrected chi connectivity index (χ4v) is 3.23. The molecule has 0 N–H and O–H groups in total. The van der Waals surface area contributed by atoms with Crippen molar-refractivity contribution in [2.45, 2.75) is 19.5 Å². The number of fused-ring (bicyclic) bond motifs is 3. The molecule has 106 valence electrons. The summed E-state index contributed by atoms with van der Waals surface area (Å²) in [7, 11) is 2.11. The van der Waals surface area contributed by atoms with E-state index in [0.717, 1.165) is 23.3 Å². The summed E-state index contributed by atoms with van der Waals surface area (Å²) in [6.07, 6.45) is 5.66. The van der Waals surface area contributed by atoms with Crippen LogP contribution in [-0.2, 0) is 0 Å². The molecule has 2 aromatic carbocycles. The van der Waals surface area contributed by atoms with Crippen LogP contribution in [-0.4, -0.2) is 18.1 Å². The molecule has 1 unspecified atom stereocenters. The largest absolute Gasteiger partial charge is 0.454 e. The summed E-state index contributed by atoms with van der Waals surface area (Å²) in [5.41, 5.74) is 3.05. The number of hydrogen-bond acceptors (Lipinski definition) is 3. The second-order valence-electron chi connectivity index (χ2n) is 5.51. The molecule has 0 aliphatic carbocycles. The fraction of sp³-hybridized carbons (Fsp3) is 0.222. The van der Waals surface area contributed by atoms with E-state index in [4.69, 9.17) is 4.42 Å². The highest BCUT2D eigenvalue weighted by Gasteiger charge is 2.25. The van der Waals surface area contributed by atoms with Gasteiger partial charge >= 0.3 is 0 Å². The van der Waals surface area contributed by atoms with Crippen molar-refractivity contribution in [3.8, 4) is 0 Å². The molecule has 0 fully saturated rings. The Morgan fingerprint density at radius 2 is 1.81 bits per heavy atom. The van der Waals surface area contributed by atoms with Crippen LogP contribution in [0.5, 0.6) is 0 Å². The van der Waals surface area contributed by atoms with Gasteiger partial charge in [-0.25, -0.2) is 0 Å². The summed E-state index contributed by atoms with van der Waals surface area (Å²) in [6, 6.07) is 14.6. The first-order valence-electron chi connectivity index (χ1n) is 7.38. The fourth-order valence-electron chi connectivity index (χ4n) is 3.23. The summed E-state index contributed by atoms with van der Waals surface area (Å²) in [6.45, 7) is 2.21. The SMILES string of the molecule is CCC1N(C)C=CN1c1cccc2c1oc1ccccc12.